The van der Waals surface area contributed by atoms with Crippen molar-refractivity contribution in [3.8, 4) is 23.0 Å². The van der Waals surface area contributed by atoms with Crippen LogP contribution >= 0.6 is 11.3 Å². The maximum Gasteiger partial charge on any atom is 0.335 e. The van der Waals surface area contributed by atoms with Gasteiger partial charge >= 0.3 is 5.97 Å². The molecule has 2 aromatic heterocycles. The Kier molecular flexibility index (Phi) is 2.81. The van der Waals surface area contributed by atoms with Crippen molar-refractivity contribution in [3.05, 3.63) is 40.7 Å². The molecule has 1 N–H and O–H groups in total. The van der Waals surface area contributed by atoms with Crippen LogP contribution in [0.25, 0.3) is 23.0 Å². The zero-order valence-corrected chi connectivity index (χ0v) is 10.3. The van der Waals surface area contributed by atoms with Gasteiger partial charge in [-0.25, -0.2) is 9.78 Å². The first-order valence-electron chi connectivity index (χ1n) is 5.30. The minimum Gasteiger partial charge on any atom is -0.478 e. The molecule has 19 heavy (non-hydrogen) atoms. The molecule has 2 heterocycles. The molecule has 0 unspecified atom stereocenters. The quantitative estimate of drug-likeness (QED) is 0.788. The second kappa shape index (κ2) is 4.62. The van der Waals surface area contributed by atoms with Gasteiger partial charge in [-0.05, 0) is 12.1 Å². The summed E-state index contributed by atoms with van der Waals surface area (Å²) in [7, 11) is 0. The average Bonchev–Trinajstić information content (AvgIpc) is 3.09. The van der Waals surface area contributed by atoms with Crippen LogP contribution in [0.1, 0.15) is 10.4 Å². The molecule has 0 saturated carbocycles. The summed E-state index contributed by atoms with van der Waals surface area (Å²) in [4.78, 5) is 19.2. The Morgan fingerprint density at radius 2 is 2.26 bits per heavy atom. The van der Waals surface area contributed by atoms with Crippen molar-refractivity contribution in [2.24, 2.45) is 0 Å². The Balaban J connectivity index is 1.99. The van der Waals surface area contributed by atoms with Gasteiger partial charge in [0.15, 0.2) is 0 Å². The molecule has 6 nitrogen and oxygen atoms in total. The number of rotatable bonds is 3. The van der Waals surface area contributed by atoms with E-state index in [1.165, 1.54) is 23.5 Å². The number of aromatic nitrogens is 3. The lowest BCUT2D eigenvalue weighted by Gasteiger charge is -1.96. The zero-order chi connectivity index (χ0) is 13.2. The molecular formula is C12H7N3O3S. The molecular weight excluding hydrogens is 266 g/mol. The van der Waals surface area contributed by atoms with Gasteiger partial charge in [0.2, 0.25) is 5.82 Å². The highest BCUT2D eigenvalue weighted by Crippen LogP contribution is 2.22. The van der Waals surface area contributed by atoms with Crippen LogP contribution in [0.2, 0.25) is 0 Å². The molecule has 0 saturated heterocycles. The van der Waals surface area contributed by atoms with Crippen LogP contribution in [0, 0.1) is 0 Å². The first-order chi connectivity index (χ1) is 9.24. The highest BCUT2D eigenvalue weighted by molar-refractivity contribution is 7.07. The van der Waals surface area contributed by atoms with Crippen molar-refractivity contribution in [2.45, 2.75) is 0 Å². The van der Waals surface area contributed by atoms with Gasteiger partial charge in [-0.3, -0.25) is 0 Å². The van der Waals surface area contributed by atoms with Gasteiger partial charge < -0.3 is 9.63 Å². The normalized spacial score (nSPS) is 10.5. The highest BCUT2D eigenvalue weighted by Gasteiger charge is 2.13. The van der Waals surface area contributed by atoms with E-state index in [2.05, 4.69) is 15.1 Å². The fourth-order valence-corrected chi connectivity index (χ4v) is 2.08. The average molecular weight is 273 g/mol. The Hall–Kier alpha value is -2.54. The predicted octanol–water partition coefficient (Wildman–Crippen LogP) is 2.56. The molecule has 0 aliphatic heterocycles. The van der Waals surface area contributed by atoms with Gasteiger partial charge in [-0.1, -0.05) is 17.3 Å². The third-order valence-corrected chi connectivity index (χ3v) is 3.03. The SMILES string of the molecule is O=C(O)c1cccc(-c2noc(-c3cscn3)n2)c1. The standard InChI is InChI=1S/C12H7N3O3S/c16-12(17)8-3-1-2-7(4-8)10-14-11(18-15-10)9-5-19-6-13-9/h1-6H,(H,16,17). The van der Waals surface area contributed by atoms with Crippen molar-refractivity contribution in [3.63, 3.8) is 0 Å². The monoisotopic (exact) mass is 273 g/mol. The van der Waals surface area contributed by atoms with E-state index in [1.54, 1.807) is 23.0 Å². The van der Waals surface area contributed by atoms with Crippen LogP contribution < -0.4 is 0 Å². The van der Waals surface area contributed by atoms with E-state index in [-0.39, 0.29) is 5.56 Å². The summed E-state index contributed by atoms with van der Waals surface area (Å²) in [6.45, 7) is 0. The largest absolute Gasteiger partial charge is 0.478 e. The number of thiazole rings is 1. The molecule has 3 rings (SSSR count). The fourth-order valence-electron chi connectivity index (χ4n) is 1.55. The van der Waals surface area contributed by atoms with Crippen molar-refractivity contribution in [1.29, 1.82) is 0 Å². The van der Waals surface area contributed by atoms with Crippen LogP contribution in [0.3, 0.4) is 0 Å². The van der Waals surface area contributed by atoms with Crippen molar-refractivity contribution < 1.29 is 14.4 Å². The molecule has 0 atom stereocenters. The van der Waals surface area contributed by atoms with Crippen LogP contribution in [0.5, 0.6) is 0 Å². The Morgan fingerprint density at radius 1 is 1.37 bits per heavy atom. The van der Waals surface area contributed by atoms with E-state index < -0.39 is 5.97 Å². The molecule has 0 fully saturated rings. The highest BCUT2D eigenvalue weighted by atomic mass is 32.1. The number of benzene rings is 1. The summed E-state index contributed by atoms with van der Waals surface area (Å²) in [5, 5.41) is 14.6. The second-order valence-corrected chi connectivity index (χ2v) is 4.40. The van der Waals surface area contributed by atoms with Crippen LogP contribution in [-0.4, -0.2) is 26.2 Å². The number of nitrogens with zero attached hydrogens (tertiary/aromatic N) is 3. The van der Waals surface area contributed by atoms with Crippen molar-refractivity contribution in [2.75, 3.05) is 0 Å². The molecule has 3 aromatic rings. The first-order valence-corrected chi connectivity index (χ1v) is 6.24. The van der Waals surface area contributed by atoms with Crippen LogP contribution in [0.15, 0.2) is 39.7 Å². The van der Waals surface area contributed by atoms with Gasteiger partial charge in [0, 0.05) is 10.9 Å². The molecule has 0 aliphatic rings. The molecule has 0 amide bonds. The number of carboxylic acid groups (broad SMARTS) is 1. The maximum absolute atomic E-state index is 10.9. The minimum atomic E-state index is -0.995. The smallest absolute Gasteiger partial charge is 0.335 e. The molecule has 7 heteroatoms. The topological polar surface area (TPSA) is 89.1 Å². The number of hydrogen-bond acceptors (Lipinski definition) is 6. The summed E-state index contributed by atoms with van der Waals surface area (Å²) in [5.74, 6) is -0.340. The first kappa shape index (κ1) is 11.5. The van der Waals surface area contributed by atoms with E-state index in [0.29, 0.717) is 23.0 Å². The summed E-state index contributed by atoms with van der Waals surface area (Å²) in [5.41, 5.74) is 3.05. The van der Waals surface area contributed by atoms with E-state index in [1.807, 2.05) is 0 Å². The molecule has 0 spiro atoms. The summed E-state index contributed by atoms with van der Waals surface area (Å²) in [6.07, 6.45) is 0. The fraction of sp³-hybridized carbons (Fsp3) is 0. The third-order valence-electron chi connectivity index (χ3n) is 2.45. The Labute approximate surface area is 111 Å². The predicted molar refractivity (Wildman–Crippen MR) is 67.8 cm³/mol. The number of aromatic carboxylic acids is 1. The third kappa shape index (κ3) is 2.23. The van der Waals surface area contributed by atoms with Gasteiger partial charge in [0.25, 0.3) is 5.89 Å². The zero-order valence-electron chi connectivity index (χ0n) is 9.48. The Bertz CT molecular complexity index is 721. The van der Waals surface area contributed by atoms with E-state index in [4.69, 9.17) is 9.63 Å². The Morgan fingerprint density at radius 3 is 3.00 bits per heavy atom. The second-order valence-electron chi connectivity index (χ2n) is 3.68. The lowest BCUT2D eigenvalue weighted by atomic mass is 10.1. The van der Waals surface area contributed by atoms with E-state index >= 15 is 0 Å². The van der Waals surface area contributed by atoms with Crippen LogP contribution in [0.4, 0.5) is 0 Å². The van der Waals surface area contributed by atoms with Gasteiger partial charge in [-0.15, -0.1) is 11.3 Å². The van der Waals surface area contributed by atoms with Crippen LogP contribution in [-0.2, 0) is 0 Å². The van der Waals surface area contributed by atoms with Gasteiger partial charge in [-0.2, -0.15) is 4.98 Å². The van der Waals surface area contributed by atoms with Crippen molar-refractivity contribution in [1.82, 2.24) is 15.1 Å². The van der Waals surface area contributed by atoms with Gasteiger partial charge in [0.1, 0.15) is 5.69 Å². The summed E-state index contributed by atoms with van der Waals surface area (Å²) >= 11 is 1.43. The summed E-state index contributed by atoms with van der Waals surface area (Å²) in [6, 6.07) is 6.37. The molecule has 0 radical (unpaired) electrons. The molecule has 1 aromatic carbocycles. The molecule has 0 bridgehead atoms. The number of carbonyl (C=O) groups is 1. The molecule has 94 valence electrons. The maximum atomic E-state index is 10.9. The lowest BCUT2D eigenvalue weighted by Crippen LogP contribution is -1.96. The lowest BCUT2D eigenvalue weighted by molar-refractivity contribution is 0.0697. The number of carboxylic acids is 1. The minimum absolute atomic E-state index is 0.178. The van der Waals surface area contributed by atoms with Crippen molar-refractivity contribution >= 4 is 17.3 Å². The summed E-state index contributed by atoms with van der Waals surface area (Å²) < 4.78 is 5.10. The number of hydrogen-bond donors (Lipinski definition) is 1. The van der Waals surface area contributed by atoms with Gasteiger partial charge in [0.05, 0.1) is 11.1 Å². The molecule has 0 aliphatic carbocycles. The van der Waals surface area contributed by atoms with E-state index in [0.717, 1.165) is 0 Å². The van der Waals surface area contributed by atoms with E-state index in [9.17, 15) is 4.79 Å².